The first kappa shape index (κ1) is 22.3. The number of methoxy groups -OCH3 is 1. The molecule has 3 aromatic rings. The van der Waals surface area contributed by atoms with Gasteiger partial charge in [-0.05, 0) is 37.6 Å². The molecule has 1 atom stereocenters. The minimum absolute atomic E-state index is 0.0897. The van der Waals surface area contributed by atoms with E-state index in [9.17, 15) is 9.59 Å². The fourth-order valence-electron chi connectivity index (χ4n) is 3.24. The van der Waals surface area contributed by atoms with Crippen LogP contribution in [0, 0.1) is 0 Å². The van der Waals surface area contributed by atoms with E-state index in [-0.39, 0.29) is 17.9 Å². The highest BCUT2D eigenvalue weighted by Crippen LogP contribution is 2.28. The average Bonchev–Trinajstić information content (AvgIpc) is 3.26. The lowest BCUT2D eigenvalue weighted by molar-refractivity contribution is 0.0645. The fourth-order valence-corrected chi connectivity index (χ4v) is 3.24. The molecular formula is C23H25N5O5. The molecule has 1 saturated heterocycles. The molecular weight excluding hydrogens is 426 g/mol. The van der Waals surface area contributed by atoms with E-state index in [0.717, 1.165) is 19.5 Å². The van der Waals surface area contributed by atoms with Crippen molar-refractivity contribution in [2.24, 2.45) is 0 Å². The topological polar surface area (TPSA) is 119 Å². The van der Waals surface area contributed by atoms with Crippen LogP contribution in [0.25, 0.3) is 0 Å². The van der Waals surface area contributed by atoms with E-state index in [2.05, 4.69) is 20.5 Å². The highest BCUT2D eigenvalue weighted by molar-refractivity contribution is 6.04. The summed E-state index contributed by atoms with van der Waals surface area (Å²) in [6.45, 7) is 3.77. The first-order valence-electron chi connectivity index (χ1n) is 10.6. The molecule has 1 aliphatic rings. The maximum Gasteiger partial charge on any atom is 0.272 e. The van der Waals surface area contributed by atoms with Crippen LogP contribution < -0.4 is 14.8 Å². The number of pyridine rings is 1. The summed E-state index contributed by atoms with van der Waals surface area (Å²) in [5, 5.41) is 9.24. The predicted octanol–water partition coefficient (Wildman–Crippen LogP) is 3.11. The molecule has 2 N–H and O–H groups in total. The molecule has 0 bridgehead atoms. The Hall–Kier alpha value is -3.92. The van der Waals surface area contributed by atoms with Gasteiger partial charge in [-0.25, -0.2) is 4.98 Å². The predicted molar refractivity (Wildman–Crippen MR) is 120 cm³/mol. The van der Waals surface area contributed by atoms with E-state index in [1.807, 2.05) is 6.92 Å². The Balaban J connectivity index is 1.53. The molecule has 2 amide bonds. The number of benzene rings is 1. The number of H-pyrrole nitrogens is 1. The minimum Gasteiger partial charge on any atom is -0.488 e. The van der Waals surface area contributed by atoms with Gasteiger partial charge in [0, 0.05) is 37.9 Å². The number of nitrogens with one attached hydrogen (secondary N) is 2. The Morgan fingerprint density at radius 3 is 2.61 bits per heavy atom. The minimum atomic E-state index is -0.359. The maximum atomic E-state index is 12.7. The van der Waals surface area contributed by atoms with Gasteiger partial charge in [-0.1, -0.05) is 0 Å². The zero-order valence-corrected chi connectivity index (χ0v) is 18.4. The number of likely N-dealkylation sites (tertiary alicyclic amines) is 1. The van der Waals surface area contributed by atoms with Gasteiger partial charge in [-0.15, -0.1) is 0 Å². The van der Waals surface area contributed by atoms with Crippen LogP contribution >= 0.6 is 0 Å². The number of ether oxygens (including phenoxy) is 3. The summed E-state index contributed by atoms with van der Waals surface area (Å²) in [6, 6.07) is 9.84. The summed E-state index contributed by atoms with van der Waals surface area (Å²) in [4.78, 5) is 31.0. The van der Waals surface area contributed by atoms with Crippen molar-refractivity contribution in [2.75, 3.05) is 32.1 Å². The molecule has 33 heavy (non-hydrogen) atoms. The van der Waals surface area contributed by atoms with Gasteiger partial charge in [0.15, 0.2) is 0 Å². The van der Waals surface area contributed by atoms with E-state index in [1.165, 1.54) is 6.20 Å². The molecule has 10 heteroatoms. The molecule has 0 aliphatic carbocycles. The van der Waals surface area contributed by atoms with Gasteiger partial charge in [-0.3, -0.25) is 14.7 Å². The van der Waals surface area contributed by atoms with Gasteiger partial charge in [0.05, 0.1) is 19.0 Å². The van der Waals surface area contributed by atoms with Crippen molar-refractivity contribution in [3.8, 4) is 17.2 Å². The number of nitrogens with zero attached hydrogens (tertiary/aromatic N) is 3. The molecule has 0 unspecified atom stereocenters. The van der Waals surface area contributed by atoms with E-state index in [1.54, 1.807) is 54.6 Å². The third kappa shape index (κ3) is 5.66. The van der Waals surface area contributed by atoms with Crippen LogP contribution in [0.4, 0.5) is 5.82 Å². The Bertz CT molecular complexity index is 1100. The first-order valence-corrected chi connectivity index (χ1v) is 10.6. The smallest absolute Gasteiger partial charge is 0.272 e. The van der Waals surface area contributed by atoms with Gasteiger partial charge in [-0.2, -0.15) is 5.10 Å². The molecule has 172 valence electrons. The average molecular weight is 451 g/mol. The number of amides is 2. The number of hydrogen-bond acceptors (Lipinski definition) is 7. The second-order valence-electron chi connectivity index (χ2n) is 7.63. The SMILES string of the molecule is COC[C@H](C)Oc1cc(Oc2ccc(C(=O)N3CCC3)nc2)cc(C(=O)Nc2ccn[nH]2)c1. The largest absolute Gasteiger partial charge is 0.488 e. The molecule has 1 aliphatic heterocycles. The van der Waals surface area contributed by atoms with Gasteiger partial charge in [0.2, 0.25) is 0 Å². The van der Waals surface area contributed by atoms with Crippen LogP contribution in [0.2, 0.25) is 0 Å². The number of carbonyl (C=O) groups excluding carboxylic acids is 2. The molecule has 0 spiro atoms. The summed E-state index contributed by atoms with van der Waals surface area (Å²) < 4.78 is 16.9. The monoisotopic (exact) mass is 451 g/mol. The third-order valence-corrected chi connectivity index (χ3v) is 4.96. The van der Waals surface area contributed by atoms with Crippen molar-refractivity contribution in [1.82, 2.24) is 20.1 Å². The van der Waals surface area contributed by atoms with Crippen LogP contribution in [-0.2, 0) is 4.74 Å². The van der Waals surface area contributed by atoms with Gasteiger partial charge < -0.3 is 24.4 Å². The van der Waals surface area contributed by atoms with Crippen LogP contribution in [0.3, 0.4) is 0 Å². The summed E-state index contributed by atoms with van der Waals surface area (Å²) in [6.07, 6.45) is 3.81. The van der Waals surface area contributed by atoms with Crippen molar-refractivity contribution in [3.05, 3.63) is 60.0 Å². The molecule has 0 radical (unpaired) electrons. The maximum absolute atomic E-state index is 12.7. The van der Waals surface area contributed by atoms with E-state index < -0.39 is 0 Å². The first-order chi connectivity index (χ1) is 16.0. The number of hydrogen-bond donors (Lipinski definition) is 2. The standard InChI is InChI=1S/C23H25N5O5/c1-15(14-31-2)32-18-10-16(22(29)26-21-6-7-25-27-21)11-19(12-18)33-17-4-5-20(24-13-17)23(30)28-8-3-9-28/h4-7,10-13,15H,3,8-9,14H2,1-2H3,(H2,25,26,27,29)/t15-/m0/s1. The number of carbonyl (C=O) groups is 2. The number of aromatic amines is 1. The van der Waals surface area contributed by atoms with E-state index >= 15 is 0 Å². The molecule has 2 aromatic heterocycles. The van der Waals surface area contributed by atoms with Crippen LogP contribution in [0.5, 0.6) is 17.2 Å². The second-order valence-corrected chi connectivity index (χ2v) is 7.63. The highest BCUT2D eigenvalue weighted by atomic mass is 16.5. The van der Waals surface area contributed by atoms with Crippen molar-refractivity contribution in [2.45, 2.75) is 19.4 Å². The Kier molecular flexibility index (Phi) is 6.84. The van der Waals surface area contributed by atoms with Crippen molar-refractivity contribution in [3.63, 3.8) is 0 Å². The summed E-state index contributed by atoms with van der Waals surface area (Å²) in [5.41, 5.74) is 0.700. The summed E-state index contributed by atoms with van der Waals surface area (Å²) >= 11 is 0. The van der Waals surface area contributed by atoms with Crippen molar-refractivity contribution in [1.29, 1.82) is 0 Å². The van der Waals surface area contributed by atoms with Crippen molar-refractivity contribution >= 4 is 17.6 Å². The molecule has 0 saturated carbocycles. The van der Waals surface area contributed by atoms with Crippen LogP contribution in [0.1, 0.15) is 34.2 Å². The van der Waals surface area contributed by atoms with E-state index in [0.29, 0.717) is 40.9 Å². The lowest BCUT2D eigenvalue weighted by Crippen LogP contribution is -2.42. The third-order valence-electron chi connectivity index (χ3n) is 4.96. The molecule has 3 heterocycles. The second kappa shape index (κ2) is 10.1. The number of anilines is 1. The molecule has 1 fully saturated rings. The summed E-state index contributed by atoms with van der Waals surface area (Å²) in [7, 11) is 1.59. The highest BCUT2D eigenvalue weighted by Gasteiger charge is 2.22. The molecule has 10 nitrogen and oxygen atoms in total. The van der Waals surface area contributed by atoms with Gasteiger partial charge in [0.25, 0.3) is 11.8 Å². The Labute approximate surface area is 190 Å². The fraction of sp³-hybridized carbons (Fsp3) is 0.304. The summed E-state index contributed by atoms with van der Waals surface area (Å²) in [5.74, 6) is 1.28. The zero-order valence-electron chi connectivity index (χ0n) is 18.4. The van der Waals surface area contributed by atoms with Crippen LogP contribution in [-0.4, -0.2) is 64.8 Å². The normalized spacial score (nSPS) is 13.7. The lowest BCUT2D eigenvalue weighted by Gasteiger charge is -2.30. The zero-order chi connectivity index (χ0) is 23.2. The van der Waals surface area contributed by atoms with E-state index in [4.69, 9.17) is 14.2 Å². The van der Waals surface area contributed by atoms with Crippen LogP contribution in [0.15, 0.2) is 48.8 Å². The lowest BCUT2D eigenvalue weighted by atomic mass is 10.2. The van der Waals surface area contributed by atoms with Crippen molar-refractivity contribution < 1.29 is 23.8 Å². The number of rotatable bonds is 9. The molecule has 4 rings (SSSR count). The quantitative estimate of drug-likeness (QED) is 0.513. The van der Waals surface area contributed by atoms with Gasteiger partial charge in [0.1, 0.15) is 34.9 Å². The molecule has 1 aromatic carbocycles. The van der Waals surface area contributed by atoms with Gasteiger partial charge >= 0.3 is 0 Å². The number of aromatic nitrogens is 3. The Morgan fingerprint density at radius 2 is 1.97 bits per heavy atom. The Morgan fingerprint density at radius 1 is 1.15 bits per heavy atom.